The first-order valence-corrected chi connectivity index (χ1v) is 6.88. The molecule has 0 bridgehead atoms. The molecule has 0 radical (unpaired) electrons. The molecule has 0 aromatic heterocycles. The maximum Gasteiger partial charge on any atom is 0.257 e. The lowest BCUT2D eigenvalue weighted by Gasteiger charge is -2.18. The van der Waals surface area contributed by atoms with Crippen molar-refractivity contribution in [2.45, 2.75) is 26.2 Å². The fraction of sp³-hybridized carbons (Fsp3) is 0.533. The van der Waals surface area contributed by atoms with Gasteiger partial charge in [0.05, 0.1) is 12.7 Å². The minimum absolute atomic E-state index is 0.0303. The summed E-state index contributed by atoms with van der Waals surface area (Å²) in [4.78, 5) is 14.4. The predicted molar refractivity (Wildman–Crippen MR) is 76.3 cm³/mol. The summed E-state index contributed by atoms with van der Waals surface area (Å²) in [5.41, 5.74) is 6.93. The van der Waals surface area contributed by atoms with E-state index in [0.717, 1.165) is 19.5 Å². The Hall–Kier alpha value is -1.71. The summed E-state index contributed by atoms with van der Waals surface area (Å²) < 4.78 is 5.25. The number of ether oxygens (including phenoxy) is 1. The predicted octanol–water partition coefficient (Wildman–Crippen LogP) is 2.54. The van der Waals surface area contributed by atoms with Crippen LogP contribution in [0.4, 0.5) is 5.69 Å². The molecular weight excluding hydrogens is 240 g/mol. The molecule has 1 saturated heterocycles. The highest BCUT2D eigenvalue weighted by atomic mass is 16.5. The second-order valence-electron chi connectivity index (χ2n) is 5.15. The summed E-state index contributed by atoms with van der Waals surface area (Å²) in [6.07, 6.45) is 3.47. The summed E-state index contributed by atoms with van der Waals surface area (Å²) in [5, 5.41) is 0. The summed E-state index contributed by atoms with van der Waals surface area (Å²) in [7, 11) is 1.58. The minimum Gasteiger partial charge on any atom is -0.496 e. The van der Waals surface area contributed by atoms with E-state index in [1.807, 2.05) is 4.90 Å². The van der Waals surface area contributed by atoms with Crippen LogP contribution in [0.1, 0.15) is 36.5 Å². The van der Waals surface area contributed by atoms with Crippen LogP contribution in [0.15, 0.2) is 18.2 Å². The maximum absolute atomic E-state index is 12.5. The van der Waals surface area contributed by atoms with Crippen LogP contribution in [-0.4, -0.2) is 31.0 Å². The fourth-order valence-corrected chi connectivity index (χ4v) is 2.72. The Morgan fingerprint density at radius 3 is 3.00 bits per heavy atom. The van der Waals surface area contributed by atoms with E-state index in [0.29, 0.717) is 22.9 Å². The molecule has 0 saturated carbocycles. The van der Waals surface area contributed by atoms with E-state index in [1.165, 1.54) is 12.8 Å². The van der Waals surface area contributed by atoms with Crippen molar-refractivity contribution in [2.24, 2.45) is 5.92 Å². The normalized spacial score (nSPS) is 18.6. The molecular formula is C15H22N2O2. The van der Waals surface area contributed by atoms with Crippen LogP contribution in [0.3, 0.4) is 0 Å². The zero-order valence-corrected chi connectivity index (χ0v) is 11.7. The molecule has 1 aliphatic rings. The Morgan fingerprint density at radius 1 is 1.53 bits per heavy atom. The van der Waals surface area contributed by atoms with Crippen molar-refractivity contribution in [2.75, 3.05) is 25.9 Å². The number of hydrogen-bond acceptors (Lipinski definition) is 3. The lowest BCUT2D eigenvalue weighted by molar-refractivity contribution is 0.0783. The lowest BCUT2D eigenvalue weighted by atomic mass is 10.0. The Labute approximate surface area is 114 Å². The number of carbonyl (C=O) groups is 1. The summed E-state index contributed by atoms with van der Waals surface area (Å²) in [6, 6.07) is 5.20. The Bertz CT molecular complexity index is 459. The van der Waals surface area contributed by atoms with Gasteiger partial charge in [0.1, 0.15) is 5.75 Å². The summed E-state index contributed by atoms with van der Waals surface area (Å²) in [6.45, 7) is 3.87. The number of nitrogens with zero attached hydrogens (tertiary/aromatic N) is 1. The number of anilines is 1. The van der Waals surface area contributed by atoms with E-state index < -0.39 is 0 Å². The van der Waals surface area contributed by atoms with Crippen LogP contribution >= 0.6 is 0 Å². The molecule has 2 rings (SSSR count). The van der Waals surface area contributed by atoms with Gasteiger partial charge < -0.3 is 15.4 Å². The topological polar surface area (TPSA) is 55.6 Å². The van der Waals surface area contributed by atoms with Crippen LogP contribution < -0.4 is 10.5 Å². The zero-order valence-electron chi connectivity index (χ0n) is 11.7. The summed E-state index contributed by atoms with van der Waals surface area (Å²) >= 11 is 0. The van der Waals surface area contributed by atoms with E-state index in [-0.39, 0.29) is 5.91 Å². The molecule has 4 nitrogen and oxygen atoms in total. The fourth-order valence-electron chi connectivity index (χ4n) is 2.72. The van der Waals surface area contributed by atoms with Gasteiger partial charge in [0.15, 0.2) is 0 Å². The number of amides is 1. The van der Waals surface area contributed by atoms with Gasteiger partial charge in [-0.3, -0.25) is 4.79 Å². The molecule has 104 valence electrons. The third-order valence-electron chi connectivity index (χ3n) is 3.72. The van der Waals surface area contributed by atoms with Crippen LogP contribution in [-0.2, 0) is 0 Å². The first-order valence-electron chi connectivity index (χ1n) is 6.88. The van der Waals surface area contributed by atoms with Gasteiger partial charge in [-0.05, 0) is 37.0 Å². The van der Waals surface area contributed by atoms with E-state index in [1.54, 1.807) is 25.3 Å². The average Bonchev–Trinajstić information content (AvgIpc) is 2.87. The first-order chi connectivity index (χ1) is 9.15. The van der Waals surface area contributed by atoms with Gasteiger partial charge in [-0.2, -0.15) is 0 Å². The van der Waals surface area contributed by atoms with Gasteiger partial charge in [0.25, 0.3) is 5.91 Å². The molecule has 1 fully saturated rings. The zero-order chi connectivity index (χ0) is 13.8. The lowest BCUT2D eigenvalue weighted by Crippen LogP contribution is -2.29. The molecule has 2 N–H and O–H groups in total. The van der Waals surface area contributed by atoms with E-state index in [2.05, 4.69) is 6.92 Å². The van der Waals surface area contributed by atoms with Crippen molar-refractivity contribution in [3.05, 3.63) is 23.8 Å². The molecule has 1 heterocycles. The highest BCUT2D eigenvalue weighted by Gasteiger charge is 2.27. The number of carbonyl (C=O) groups excluding carboxylic acids is 1. The number of nitrogens with two attached hydrogens (primary N) is 1. The molecule has 1 aliphatic heterocycles. The third kappa shape index (κ3) is 3.00. The van der Waals surface area contributed by atoms with Crippen LogP contribution in [0.2, 0.25) is 0 Å². The van der Waals surface area contributed by atoms with E-state index in [9.17, 15) is 4.79 Å². The molecule has 0 spiro atoms. The third-order valence-corrected chi connectivity index (χ3v) is 3.72. The SMILES string of the molecule is CCCC1CCN(C(=O)c2cc(N)ccc2OC)C1. The highest BCUT2D eigenvalue weighted by Crippen LogP contribution is 2.27. The number of nitrogen functional groups attached to an aromatic ring is 1. The Balaban J connectivity index is 2.14. The average molecular weight is 262 g/mol. The number of benzene rings is 1. The van der Waals surface area contributed by atoms with Crippen LogP contribution in [0, 0.1) is 5.92 Å². The quantitative estimate of drug-likeness (QED) is 0.848. The molecule has 1 amide bonds. The Morgan fingerprint density at radius 2 is 2.32 bits per heavy atom. The molecule has 1 unspecified atom stereocenters. The van der Waals surface area contributed by atoms with Crippen LogP contribution in [0.25, 0.3) is 0 Å². The van der Waals surface area contributed by atoms with Crippen molar-refractivity contribution in [1.82, 2.24) is 4.90 Å². The van der Waals surface area contributed by atoms with Gasteiger partial charge in [0, 0.05) is 18.8 Å². The highest BCUT2D eigenvalue weighted by molar-refractivity contribution is 5.98. The van der Waals surface area contributed by atoms with Gasteiger partial charge in [-0.25, -0.2) is 0 Å². The molecule has 0 aliphatic carbocycles. The Kier molecular flexibility index (Phi) is 4.30. The first kappa shape index (κ1) is 13.7. The number of methoxy groups -OCH3 is 1. The number of likely N-dealkylation sites (tertiary alicyclic amines) is 1. The van der Waals surface area contributed by atoms with Crippen molar-refractivity contribution in [3.63, 3.8) is 0 Å². The summed E-state index contributed by atoms with van der Waals surface area (Å²) in [5.74, 6) is 1.27. The monoisotopic (exact) mass is 262 g/mol. The van der Waals surface area contributed by atoms with Gasteiger partial charge >= 0.3 is 0 Å². The molecule has 1 atom stereocenters. The van der Waals surface area contributed by atoms with Crippen molar-refractivity contribution in [3.8, 4) is 5.75 Å². The van der Waals surface area contributed by atoms with Gasteiger partial charge in [-0.15, -0.1) is 0 Å². The number of hydrogen-bond donors (Lipinski definition) is 1. The number of rotatable bonds is 4. The van der Waals surface area contributed by atoms with E-state index in [4.69, 9.17) is 10.5 Å². The van der Waals surface area contributed by atoms with Gasteiger partial charge in [0.2, 0.25) is 0 Å². The van der Waals surface area contributed by atoms with Gasteiger partial charge in [-0.1, -0.05) is 13.3 Å². The molecule has 1 aromatic carbocycles. The molecule has 1 aromatic rings. The second-order valence-corrected chi connectivity index (χ2v) is 5.15. The standard InChI is InChI=1S/C15H22N2O2/c1-3-4-11-7-8-17(10-11)15(18)13-9-12(16)5-6-14(13)19-2/h5-6,9,11H,3-4,7-8,10,16H2,1-2H3. The van der Waals surface area contributed by atoms with Crippen molar-refractivity contribution >= 4 is 11.6 Å². The maximum atomic E-state index is 12.5. The van der Waals surface area contributed by atoms with Crippen molar-refractivity contribution < 1.29 is 9.53 Å². The molecule has 4 heteroatoms. The second kappa shape index (κ2) is 5.95. The largest absolute Gasteiger partial charge is 0.496 e. The smallest absolute Gasteiger partial charge is 0.257 e. The van der Waals surface area contributed by atoms with Crippen LogP contribution in [0.5, 0.6) is 5.75 Å². The van der Waals surface area contributed by atoms with E-state index >= 15 is 0 Å². The minimum atomic E-state index is 0.0303. The molecule has 19 heavy (non-hydrogen) atoms. The van der Waals surface area contributed by atoms with Crippen molar-refractivity contribution in [1.29, 1.82) is 0 Å².